The Bertz CT molecular complexity index is 589. The minimum Gasteiger partial charge on any atom is -0.497 e. The van der Waals surface area contributed by atoms with Gasteiger partial charge in [0.1, 0.15) is 24.1 Å². The number of alkyl carbamates (subject to hydrolysis) is 1. The number of hydrogen-bond acceptors (Lipinski definition) is 5. The highest BCUT2D eigenvalue weighted by Gasteiger charge is 2.27. The number of amides is 2. The summed E-state index contributed by atoms with van der Waals surface area (Å²) < 4.78 is 15.9. The van der Waals surface area contributed by atoms with E-state index < -0.39 is 12.1 Å². The number of methoxy groups -OCH3 is 1. The highest BCUT2D eigenvalue weighted by Crippen LogP contribution is 2.17. The third kappa shape index (κ3) is 8.19. The van der Waals surface area contributed by atoms with Crippen LogP contribution in [0.25, 0.3) is 0 Å². The van der Waals surface area contributed by atoms with Crippen molar-refractivity contribution in [3.63, 3.8) is 0 Å². The summed E-state index contributed by atoms with van der Waals surface area (Å²) in [6.07, 6.45) is -0.0911. The van der Waals surface area contributed by atoms with Crippen LogP contribution < -0.4 is 20.1 Å². The molecule has 0 saturated carbocycles. The fourth-order valence-corrected chi connectivity index (χ4v) is 2.34. The van der Waals surface area contributed by atoms with Gasteiger partial charge in [0.25, 0.3) is 0 Å². The average Bonchev–Trinajstić information content (AvgIpc) is 2.63. The van der Waals surface area contributed by atoms with Gasteiger partial charge < -0.3 is 24.8 Å². The van der Waals surface area contributed by atoms with Crippen LogP contribution in [0, 0.1) is 5.92 Å². The van der Waals surface area contributed by atoms with E-state index in [0.717, 1.165) is 12.2 Å². The van der Waals surface area contributed by atoms with Crippen LogP contribution in [0.1, 0.15) is 41.0 Å². The number of carbonyl (C=O) groups is 2. The van der Waals surface area contributed by atoms with E-state index in [1.165, 1.54) is 0 Å². The lowest BCUT2D eigenvalue weighted by atomic mass is 9.98. The molecule has 2 N–H and O–H groups in total. The standard InChI is InChI=1S/C20H32N2O5/c1-7-14(4)18(22-20(24)27-13(2)3)19(23)21-15(5)12-26-17-10-8-16(25-6)9-11-17/h8-11,13-15,18H,7,12H2,1-6H3,(H,21,23)(H,22,24). The molecule has 0 radical (unpaired) electrons. The molecule has 1 aromatic carbocycles. The van der Waals surface area contributed by atoms with Crippen molar-refractivity contribution in [2.45, 2.75) is 59.2 Å². The molecule has 152 valence electrons. The third-order valence-corrected chi connectivity index (χ3v) is 4.06. The molecule has 3 unspecified atom stereocenters. The smallest absolute Gasteiger partial charge is 0.408 e. The first-order chi connectivity index (χ1) is 12.8. The summed E-state index contributed by atoms with van der Waals surface area (Å²) in [7, 11) is 1.60. The summed E-state index contributed by atoms with van der Waals surface area (Å²) in [6, 6.07) is 6.33. The quantitative estimate of drug-likeness (QED) is 0.651. The van der Waals surface area contributed by atoms with Crippen LogP contribution in [0.2, 0.25) is 0 Å². The first-order valence-corrected chi connectivity index (χ1v) is 9.31. The topological polar surface area (TPSA) is 85.9 Å². The van der Waals surface area contributed by atoms with Crippen LogP contribution in [0.15, 0.2) is 24.3 Å². The Morgan fingerprint density at radius 1 is 1.00 bits per heavy atom. The van der Waals surface area contributed by atoms with Gasteiger partial charge in [-0.05, 0) is 51.0 Å². The van der Waals surface area contributed by atoms with Gasteiger partial charge >= 0.3 is 6.09 Å². The SMILES string of the molecule is CCC(C)C(NC(=O)OC(C)C)C(=O)NC(C)COc1ccc(OC)cc1. The van der Waals surface area contributed by atoms with Gasteiger partial charge in [-0.1, -0.05) is 20.3 Å². The van der Waals surface area contributed by atoms with Crippen LogP contribution in [0.5, 0.6) is 11.5 Å². The maximum absolute atomic E-state index is 12.6. The van der Waals surface area contributed by atoms with E-state index in [0.29, 0.717) is 12.4 Å². The first kappa shape index (κ1) is 22.6. The summed E-state index contributed by atoms with van der Waals surface area (Å²) >= 11 is 0. The Morgan fingerprint density at radius 3 is 2.11 bits per heavy atom. The minimum atomic E-state index is -0.662. The summed E-state index contributed by atoms with van der Waals surface area (Å²) in [4.78, 5) is 24.5. The summed E-state index contributed by atoms with van der Waals surface area (Å²) in [5, 5.41) is 5.55. The van der Waals surface area contributed by atoms with E-state index in [1.54, 1.807) is 33.1 Å². The number of carbonyl (C=O) groups excluding carboxylic acids is 2. The molecule has 7 heteroatoms. The molecule has 0 aliphatic carbocycles. The molecule has 3 atom stereocenters. The molecular weight excluding hydrogens is 348 g/mol. The van der Waals surface area contributed by atoms with Crippen molar-refractivity contribution in [3.05, 3.63) is 24.3 Å². The number of rotatable bonds is 10. The zero-order valence-corrected chi connectivity index (χ0v) is 17.1. The van der Waals surface area contributed by atoms with E-state index >= 15 is 0 Å². The largest absolute Gasteiger partial charge is 0.497 e. The highest BCUT2D eigenvalue weighted by atomic mass is 16.6. The fourth-order valence-electron chi connectivity index (χ4n) is 2.34. The van der Waals surface area contributed by atoms with Gasteiger partial charge in [0, 0.05) is 0 Å². The molecule has 0 saturated heterocycles. The lowest BCUT2D eigenvalue weighted by molar-refractivity contribution is -0.125. The van der Waals surface area contributed by atoms with Gasteiger partial charge in [-0.25, -0.2) is 4.79 Å². The van der Waals surface area contributed by atoms with Crippen molar-refractivity contribution >= 4 is 12.0 Å². The van der Waals surface area contributed by atoms with Gasteiger partial charge in [-0.3, -0.25) is 4.79 Å². The van der Waals surface area contributed by atoms with Gasteiger partial charge in [0.15, 0.2) is 0 Å². The molecule has 0 aliphatic rings. The van der Waals surface area contributed by atoms with E-state index in [9.17, 15) is 9.59 Å². The molecule has 1 aromatic rings. The average molecular weight is 380 g/mol. The second-order valence-electron chi connectivity index (χ2n) is 6.86. The first-order valence-electron chi connectivity index (χ1n) is 9.31. The second-order valence-corrected chi connectivity index (χ2v) is 6.86. The normalized spacial score (nSPS) is 14.0. The molecule has 0 spiro atoms. The van der Waals surface area contributed by atoms with Gasteiger partial charge in [-0.2, -0.15) is 0 Å². The van der Waals surface area contributed by atoms with E-state index in [2.05, 4.69) is 10.6 Å². The van der Waals surface area contributed by atoms with Crippen molar-refractivity contribution in [1.29, 1.82) is 0 Å². The van der Waals surface area contributed by atoms with Gasteiger partial charge in [0.2, 0.25) is 5.91 Å². The van der Waals surface area contributed by atoms with Crippen molar-refractivity contribution in [3.8, 4) is 11.5 Å². The molecule has 7 nitrogen and oxygen atoms in total. The molecule has 0 heterocycles. The predicted octanol–water partition coefficient (Wildman–Crippen LogP) is 3.13. The molecular formula is C20H32N2O5. The van der Waals surface area contributed by atoms with E-state index in [-0.39, 0.29) is 24.0 Å². The van der Waals surface area contributed by atoms with Crippen LogP contribution in [0.3, 0.4) is 0 Å². The molecule has 2 amide bonds. The lowest BCUT2D eigenvalue weighted by Gasteiger charge is -2.25. The Morgan fingerprint density at radius 2 is 1.59 bits per heavy atom. The summed E-state index contributed by atoms with van der Waals surface area (Å²) in [6.45, 7) is 9.56. The predicted molar refractivity (Wildman–Crippen MR) is 104 cm³/mol. The number of hydrogen-bond donors (Lipinski definition) is 2. The summed E-state index contributed by atoms with van der Waals surface area (Å²) in [5.41, 5.74) is 0. The fraction of sp³-hybridized carbons (Fsp3) is 0.600. The Labute approximate surface area is 161 Å². The van der Waals surface area contributed by atoms with Crippen LogP contribution in [-0.2, 0) is 9.53 Å². The van der Waals surface area contributed by atoms with E-state index in [4.69, 9.17) is 14.2 Å². The molecule has 0 aliphatic heterocycles. The zero-order chi connectivity index (χ0) is 20.4. The molecule has 0 bridgehead atoms. The van der Waals surface area contributed by atoms with Crippen molar-refractivity contribution in [2.75, 3.05) is 13.7 Å². The Kier molecular flexibility index (Phi) is 9.47. The van der Waals surface area contributed by atoms with Crippen LogP contribution in [-0.4, -0.2) is 43.9 Å². The number of nitrogens with one attached hydrogen (secondary N) is 2. The van der Waals surface area contributed by atoms with Crippen LogP contribution >= 0.6 is 0 Å². The van der Waals surface area contributed by atoms with Crippen LogP contribution in [0.4, 0.5) is 4.79 Å². The Hall–Kier alpha value is -2.44. The second kappa shape index (κ2) is 11.3. The van der Waals surface area contributed by atoms with Gasteiger partial charge in [0.05, 0.1) is 19.3 Å². The molecule has 0 fully saturated rings. The molecule has 0 aromatic heterocycles. The highest BCUT2D eigenvalue weighted by molar-refractivity contribution is 5.86. The third-order valence-electron chi connectivity index (χ3n) is 4.06. The minimum absolute atomic E-state index is 0.0283. The number of ether oxygens (including phenoxy) is 3. The zero-order valence-electron chi connectivity index (χ0n) is 17.1. The van der Waals surface area contributed by atoms with Crippen molar-refractivity contribution < 1.29 is 23.8 Å². The van der Waals surface area contributed by atoms with Crippen molar-refractivity contribution in [1.82, 2.24) is 10.6 Å². The lowest BCUT2D eigenvalue weighted by Crippen LogP contribution is -2.53. The van der Waals surface area contributed by atoms with Crippen molar-refractivity contribution in [2.24, 2.45) is 5.92 Å². The maximum atomic E-state index is 12.6. The van der Waals surface area contributed by atoms with Gasteiger partial charge in [-0.15, -0.1) is 0 Å². The number of benzene rings is 1. The molecule has 27 heavy (non-hydrogen) atoms. The monoisotopic (exact) mass is 380 g/mol. The maximum Gasteiger partial charge on any atom is 0.408 e. The Balaban J connectivity index is 2.57. The van der Waals surface area contributed by atoms with E-state index in [1.807, 2.05) is 32.9 Å². The summed E-state index contributed by atoms with van der Waals surface area (Å²) in [5.74, 6) is 1.16. The molecule has 1 rings (SSSR count).